The molecule has 0 radical (unpaired) electrons. The quantitative estimate of drug-likeness (QED) is 0.714. The Morgan fingerprint density at radius 1 is 1.62 bits per heavy atom. The third-order valence-electron chi connectivity index (χ3n) is 1.89. The van der Waals surface area contributed by atoms with Crippen molar-refractivity contribution >= 4 is 11.6 Å². The fourth-order valence-corrected chi connectivity index (χ4v) is 1.18. The van der Waals surface area contributed by atoms with Crippen molar-refractivity contribution in [1.82, 2.24) is 14.6 Å². The lowest BCUT2D eigenvalue weighted by Crippen LogP contribution is -2.15. The van der Waals surface area contributed by atoms with Gasteiger partial charge in [-0.05, 0) is 0 Å². The van der Waals surface area contributed by atoms with Crippen LogP contribution in [0.1, 0.15) is 10.4 Å². The van der Waals surface area contributed by atoms with Crippen LogP contribution in [0.15, 0.2) is 11.0 Å². The smallest absolute Gasteiger partial charge is 0.384 e. The van der Waals surface area contributed by atoms with E-state index in [2.05, 4.69) is 10.0 Å². The monoisotopic (exact) mass is 231 g/mol. The van der Waals surface area contributed by atoms with Crippen LogP contribution in [0, 0.1) is 5.82 Å². The Labute approximate surface area is 84.8 Å². The first kappa shape index (κ1) is 10.1. The van der Waals surface area contributed by atoms with Gasteiger partial charge in [0.2, 0.25) is 5.82 Å². The van der Waals surface area contributed by atoms with Crippen molar-refractivity contribution in [1.29, 1.82) is 0 Å². The van der Waals surface area contributed by atoms with E-state index in [1.54, 1.807) is 0 Å². The van der Waals surface area contributed by atoms with Crippen molar-refractivity contribution < 1.29 is 23.8 Å². The Morgan fingerprint density at radius 3 is 2.94 bits per heavy atom. The molecule has 9 heteroatoms. The maximum Gasteiger partial charge on any atom is 0.384 e. The van der Waals surface area contributed by atoms with Gasteiger partial charge in [0.1, 0.15) is 5.56 Å². The van der Waals surface area contributed by atoms with Gasteiger partial charge in [0.05, 0.1) is 6.20 Å². The lowest BCUT2D eigenvalue weighted by molar-refractivity contribution is -0.0786. The number of carbonyl (C=O) groups excluding carboxylic acids is 1. The van der Waals surface area contributed by atoms with Crippen LogP contribution in [-0.2, 0) is 4.94 Å². The molecule has 0 aromatic carbocycles. The summed E-state index contributed by atoms with van der Waals surface area (Å²) in [7, 11) is 0. The summed E-state index contributed by atoms with van der Waals surface area (Å²) in [5, 5.41) is 12.5. The Bertz CT molecular complexity index is 632. The number of carbonyl (C=O) groups is 1. The molecule has 0 saturated heterocycles. The van der Waals surface area contributed by atoms with Gasteiger partial charge in [0.15, 0.2) is 5.65 Å². The molecule has 0 unspecified atom stereocenters. The normalized spacial score (nSPS) is 10.6. The molecule has 2 aromatic heterocycles. The average Bonchev–Trinajstić information content (AvgIpc) is 2.68. The van der Waals surface area contributed by atoms with Crippen molar-refractivity contribution in [2.45, 2.75) is 0 Å². The molecule has 2 heterocycles. The zero-order valence-corrected chi connectivity index (χ0v) is 7.40. The van der Waals surface area contributed by atoms with Crippen molar-refractivity contribution in [2.24, 2.45) is 0 Å². The van der Waals surface area contributed by atoms with Gasteiger partial charge < -0.3 is 10.1 Å². The van der Waals surface area contributed by atoms with Crippen LogP contribution in [0.25, 0.3) is 5.65 Å². The average molecular weight is 231 g/mol. The second-order valence-corrected chi connectivity index (χ2v) is 2.77. The number of nitrogens with zero attached hydrogens (tertiary/aromatic N) is 2. The summed E-state index contributed by atoms with van der Waals surface area (Å²) in [6, 6.07) is 0. The van der Waals surface area contributed by atoms with E-state index in [1.165, 1.54) is 0 Å². The van der Waals surface area contributed by atoms with E-state index in [0.29, 0.717) is 4.52 Å². The van der Waals surface area contributed by atoms with Gasteiger partial charge in [-0.3, -0.25) is 4.79 Å². The molecule has 0 bridgehead atoms. The maximum absolute atomic E-state index is 12.9. The number of halogens is 2. The van der Waals surface area contributed by atoms with E-state index < -0.39 is 28.8 Å². The minimum Gasteiger partial charge on any atom is -0.491 e. The third-order valence-corrected chi connectivity index (χ3v) is 1.89. The molecule has 0 spiro atoms. The predicted molar refractivity (Wildman–Crippen MR) is 44.0 cm³/mol. The summed E-state index contributed by atoms with van der Waals surface area (Å²) >= 11 is 0. The first-order valence-electron chi connectivity index (χ1n) is 3.87. The summed E-state index contributed by atoms with van der Waals surface area (Å²) in [4.78, 5) is 26.6. The fraction of sp³-hybridized carbons (Fsp3) is 0. The zero-order chi connectivity index (χ0) is 11.9. The third kappa shape index (κ3) is 1.21. The summed E-state index contributed by atoms with van der Waals surface area (Å²) in [6.45, 7) is 0. The highest BCUT2D eigenvalue weighted by Crippen LogP contribution is 2.15. The molecule has 84 valence electrons. The van der Waals surface area contributed by atoms with E-state index >= 15 is 0 Å². The van der Waals surface area contributed by atoms with Gasteiger partial charge >= 0.3 is 5.97 Å². The lowest BCUT2D eigenvalue weighted by Gasteiger charge is -1.98. The SMILES string of the molecule is O=C(OF)c1cnn2c(O)c(F)c(=O)[nH]c12. The maximum atomic E-state index is 12.9. The molecule has 0 aliphatic carbocycles. The van der Waals surface area contributed by atoms with Crippen molar-refractivity contribution in [3.8, 4) is 5.88 Å². The summed E-state index contributed by atoms with van der Waals surface area (Å²) in [5.74, 6) is -3.97. The lowest BCUT2D eigenvalue weighted by atomic mass is 10.3. The van der Waals surface area contributed by atoms with Crippen LogP contribution >= 0.6 is 0 Å². The summed E-state index contributed by atoms with van der Waals surface area (Å²) in [5.41, 5.74) is -2.08. The van der Waals surface area contributed by atoms with E-state index in [0.717, 1.165) is 6.20 Å². The van der Waals surface area contributed by atoms with Crippen LogP contribution in [0.5, 0.6) is 5.88 Å². The molecule has 0 atom stereocenters. The molecule has 2 aromatic rings. The van der Waals surface area contributed by atoms with E-state index in [-0.39, 0.29) is 5.65 Å². The van der Waals surface area contributed by atoms with Gasteiger partial charge in [0, 0.05) is 4.53 Å². The Morgan fingerprint density at radius 2 is 2.31 bits per heavy atom. The molecule has 0 fully saturated rings. The second-order valence-electron chi connectivity index (χ2n) is 2.77. The van der Waals surface area contributed by atoms with E-state index in [4.69, 9.17) is 5.11 Å². The molecule has 16 heavy (non-hydrogen) atoms. The van der Waals surface area contributed by atoms with Gasteiger partial charge in [-0.25, -0.2) is 9.74 Å². The van der Waals surface area contributed by atoms with Gasteiger partial charge in [0.25, 0.3) is 11.4 Å². The summed E-state index contributed by atoms with van der Waals surface area (Å²) < 4.78 is 25.1. The molecule has 7 nitrogen and oxygen atoms in total. The number of fused-ring (bicyclic) bond motifs is 1. The molecule has 0 aliphatic rings. The molecule has 0 amide bonds. The van der Waals surface area contributed by atoms with Crippen LogP contribution in [0.4, 0.5) is 8.92 Å². The molecule has 0 saturated carbocycles. The number of aromatic hydroxyl groups is 1. The first-order valence-corrected chi connectivity index (χ1v) is 3.87. The molecular formula is C7H3F2N3O4. The Hall–Kier alpha value is -2.45. The number of hydrogen-bond acceptors (Lipinski definition) is 5. The van der Waals surface area contributed by atoms with Gasteiger partial charge in [-0.2, -0.15) is 14.0 Å². The zero-order valence-electron chi connectivity index (χ0n) is 7.40. The largest absolute Gasteiger partial charge is 0.491 e. The van der Waals surface area contributed by atoms with Gasteiger partial charge in [-0.1, -0.05) is 0 Å². The van der Waals surface area contributed by atoms with Crippen LogP contribution in [0.2, 0.25) is 0 Å². The topological polar surface area (TPSA) is 96.7 Å². The molecule has 2 N–H and O–H groups in total. The number of H-pyrrole nitrogens is 1. The first-order chi connectivity index (χ1) is 7.56. The standard InChI is InChI=1S/C7H3F2N3O4/c8-3-5(13)11-4-2(7(15)16-9)1-10-12(4)6(3)14/h1,14H,(H,11,13). The predicted octanol–water partition coefficient (Wildman–Crippen LogP) is -0.0914. The minimum absolute atomic E-state index is 0.369. The Kier molecular flexibility index (Phi) is 2.07. The number of aromatic nitrogens is 3. The van der Waals surface area contributed by atoms with E-state index in [1.807, 2.05) is 4.98 Å². The number of hydrogen-bond donors (Lipinski definition) is 2. The van der Waals surface area contributed by atoms with E-state index in [9.17, 15) is 18.5 Å². The van der Waals surface area contributed by atoms with Gasteiger partial charge in [-0.15, -0.1) is 0 Å². The summed E-state index contributed by atoms with van der Waals surface area (Å²) in [6.07, 6.45) is 0.812. The fourth-order valence-electron chi connectivity index (χ4n) is 1.18. The van der Waals surface area contributed by atoms with Crippen LogP contribution in [0.3, 0.4) is 0 Å². The second kappa shape index (κ2) is 3.29. The van der Waals surface area contributed by atoms with Crippen LogP contribution < -0.4 is 5.56 Å². The highest BCUT2D eigenvalue weighted by Gasteiger charge is 2.20. The molecule has 0 aliphatic heterocycles. The highest BCUT2D eigenvalue weighted by atomic mass is 19.3. The molecule has 2 rings (SSSR count). The highest BCUT2D eigenvalue weighted by molar-refractivity contribution is 5.95. The van der Waals surface area contributed by atoms with Crippen molar-refractivity contribution in [2.75, 3.05) is 0 Å². The van der Waals surface area contributed by atoms with Crippen molar-refractivity contribution in [3.63, 3.8) is 0 Å². The Balaban J connectivity index is 2.84. The van der Waals surface area contributed by atoms with Crippen molar-refractivity contribution in [3.05, 3.63) is 27.9 Å². The number of nitrogens with one attached hydrogen (secondary N) is 1. The van der Waals surface area contributed by atoms with Crippen LogP contribution in [-0.4, -0.2) is 25.7 Å². The number of rotatable bonds is 1. The molecular weight excluding hydrogens is 228 g/mol. The minimum atomic E-state index is -1.46. The number of aromatic amines is 1.